The predicted octanol–water partition coefficient (Wildman–Crippen LogP) is 18.4. The van der Waals surface area contributed by atoms with Gasteiger partial charge in [-0.05, 0) is 162 Å². The van der Waals surface area contributed by atoms with E-state index in [9.17, 15) is 8.78 Å². The van der Waals surface area contributed by atoms with Crippen LogP contribution in [0.3, 0.4) is 0 Å². The van der Waals surface area contributed by atoms with E-state index in [2.05, 4.69) is 149 Å². The fourth-order valence-corrected chi connectivity index (χ4v) is 15.3. The Bertz CT molecular complexity index is 3170. The second kappa shape index (κ2) is 19.3. The van der Waals surface area contributed by atoms with E-state index in [1.807, 2.05) is 24.3 Å². The van der Waals surface area contributed by atoms with Crippen molar-refractivity contribution < 1.29 is 27.0 Å². The first-order chi connectivity index (χ1) is 33.7. The monoisotopic (exact) mass is 987 g/mol. The predicted molar refractivity (Wildman–Crippen MR) is 294 cm³/mol. The Hall–Kier alpha value is -5.84. The average Bonchev–Trinajstić information content (AvgIpc) is 3.47. The van der Waals surface area contributed by atoms with Gasteiger partial charge >= 0.3 is 7.75 Å². The summed E-state index contributed by atoms with van der Waals surface area (Å²) in [4.78, 5) is 3.07. The number of hydrogen-bond donors (Lipinski definition) is 1. The van der Waals surface area contributed by atoms with Gasteiger partial charge in [0.15, 0.2) is 0 Å². The van der Waals surface area contributed by atoms with Gasteiger partial charge in [0.05, 0.1) is 0 Å². The van der Waals surface area contributed by atoms with Crippen molar-refractivity contribution in [1.29, 1.82) is 0 Å². The molecule has 0 fully saturated rings. The lowest BCUT2D eigenvalue weighted by atomic mass is 9.78. The van der Waals surface area contributed by atoms with Crippen molar-refractivity contribution in [2.24, 2.45) is 0 Å². The maximum absolute atomic E-state index is 17.0. The van der Waals surface area contributed by atoms with E-state index in [0.717, 1.165) is 66.1 Å². The zero-order chi connectivity index (χ0) is 50.8. The Morgan fingerprint density at radius 1 is 0.437 bits per heavy atom. The van der Waals surface area contributed by atoms with Crippen LogP contribution in [-0.2, 0) is 9.13 Å². The molecule has 0 amide bonds. The summed E-state index contributed by atoms with van der Waals surface area (Å²) in [7, 11) is -9.30. The van der Waals surface area contributed by atoms with Crippen LogP contribution in [0.25, 0.3) is 54.9 Å². The molecule has 9 rings (SSSR count). The molecule has 1 N–H and O–H groups in total. The Balaban J connectivity index is 1.51. The first-order valence-corrected chi connectivity index (χ1v) is 28.3. The van der Waals surface area contributed by atoms with E-state index in [1.165, 1.54) is 59.7 Å². The molecular weight excluding hydrogens is 923 g/mol. The summed E-state index contributed by atoms with van der Waals surface area (Å²) < 4.78 is 77.4. The Morgan fingerprint density at radius 3 is 1.07 bits per heavy atom. The van der Waals surface area contributed by atoms with Gasteiger partial charge in [-0.15, -0.1) is 4.86 Å². The lowest BCUT2D eigenvalue weighted by Crippen LogP contribution is -2.29. The molecule has 8 aromatic carbocycles. The zero-order valence-electron chi connectivity index (χ0n) is 42.9. The van der Waals surface area contributed by atoms with E-state index in [1.54, 1.807) is 0 Å². The third-order valence-electron chi connectivity index (χ3n) is 14.1. The molecule has 1 heterocycles. The molecular formula is C62H65F2NO4P2. The lowest BCUT2D eigenvalue weighted by molar-refractivity contribution is 0.387. The smallest absolute Gasteiger partial charge is 0.403 e. The molecule has 9 heteroatoms. The topological polar surface area (TPSA) is 64.6 Å². The van der Waals surface area contributed by atoms with E-state index < -0.39 is 26.7 Å². The highest BCUT2D eigenvalue weighted by Gasteiger charge is 2.46. The van der Waals surface area contributed by atoms with E-state index in [-0.39, 0.29) is 46.1 Å². The third-order valence-corrected chi connectivity index (χ3v) is 19.1. The number of rotatable bonds is 12. The maximum Gasteiger partial charge on any atom is 0.519 e. The van der Waals surface area contributed by atoms with E-state index in [0.29, 0.717) is 22.6 Å². The molecule has 1 aliphatic rings. The maximum atomic E-state index is 17.0. The van der Waals surface area contributed by atoms with Gasteiger partial charge in [-0.2, -0.15) is 0 Å². The molecule has 1 aliphatic heterocycles. The number of halogens is 2. The molecule has 0 aromatic heterocycles. The second-order valence-corrected chi connectivity index (χ2v) is 25.5. The van der Waals surface area contributed by atoms with Gasteiger partial charge in [0.1, 0.15) is 23.1 Å². The summed E-state index contributed by atoms with van der Waals surface area (Å²) in [6.45, 7) is 26.4. The van der Waals surface area contributed by atoms with Crippen molar-refractivity contribution in [3.8, 4) is 44.9 Å². The molecule has 366 valence electrons. The summed E-state index contributed by atoms with van der Waals surface area (Å²) in [5, 5.41) is 3.87. The largest absolute Gasteiger partial charge is 0.519 e. The molecule has 0 atom stereocenters. The summed E-state index contributed by atoms with van der Waals surface area (Å²) in [6.07, 6.45) is 0. The molecule has 8 aromatic rings. The fourth-order valence-electron chi connectivity index (χ4n) is 10.3. The third kappa shape index (κ3) is 9.20. The number of nitrogens with one attached hydrogen (secondary N) is 1. The van der Waals surface area contributed by atoms with Crippen molar-refractivity contribution in [2.45, 2.75) is 119 Å². The minimum atomic E-state index is -4.95. The average molecular weight is 988 g/mol. The van der Waals surface area contributed by atoms with Crippen LogP contribution in [0.2, 0.25) is 0 Å². The van der Waals surface area contributed by atoms with Gasteiger partial charge in [0.2, 0.25) is 7.29 Å². The van der Waals surface area contributed by atoms with Crippen LogP contribution < -0.4 is 24.5 Å². The molecule has 0 aliphatic carbocycles. The zero-order valence-corrected chi connectivity index (χ0v) is 44.7. The molecule has 0 spiro atoms. The van der Waals surface area contributed by atoms with Crippen molar-refractivity contribution in [1.82, 2.24) is 4.86 Å². The van der Waals surface area contributed by atoms with Gasteiger partial charge in [-0.3, -0.25) is 4.57 Å². The SMILES string of the molecule is CC(C)c1cc(C(C)C)c(-c2cc3ccccc3c3c2OP(=O)(NP(=O)(c2ccc(F)cc2)c2ccc(F)cc2)Oc2c(-c4c(C(C)C)cc(C(C)C)cc4C(C)C)cc4ccccc4c2-3)c(C(C)C)c1. The van der Waals surface area contributed by atoms with E-state index in [4.69, 9.17) is 9.05 Å². The van der Waals surface area contributed by atoms with Crippen molar-refractivity contribution in [3.05, 3.63) is 178 Å². The van der Waals surface area contributed by atoms with Crippen molar-refractivity contribution >= 4 is 47.2 Å². The van der Waals surface area contributed by atoms with Crippen LogP contribution in [0.5, 0.6) is 11.5 Å². The van der Waals surface area contributed by atoms with Crippen LogP contribution in [0, 0.1) is 11.6 Å². The molecule has 0 unspecified atom stereocenters. The van der Waals surface area contributed by atoms with Gasteiger partial charge in [-0.25, -0.2) is 13.3 Å². The number of hydrogen-bond acceptors (Lipinski definition) is 4. The Labute approximate surface area is 419 Å². The Morgan fingerprint density at radius 2 is 0.761 bits per heavy atom. The highest BCUT2D eigenvalue weighted by molar-refractivity contribution is 7.83. The van der Waals surface area contributed by atoms with Crippen molar-refractivity contribution in [3.63, 3.8) is 0 Å². The number of benzene rings is 8. The molecule has 0 saturated carbocycles. The van der Waals surface area contributed by atoms with Gasteiger partial charge in [0, 0.05) is 32.9 Å². The minimum Gasteiger partial charge on any atom is -0.403 e. The van der Waals surface area contributed by atoms with Crippen LogP contribution in [0.15, 0.2) is 133 Å². The van der Waals surface area contributed by atoms with Gasteiger partial charge in [-0.1, -0.05) is 156 Å². The normalized spacial score (nSPS) is 13.6. The summed E-state index contributed by atoms with van der Waals surface area (Å²) in [5.41, 5.74) is 11.7. The standard InChI is InChI=1S/C62H65F2NO4P2/c1-35(2)43-31-51(37(5)6)57(52(32-43)38(7)8)55-29-41-17-13-15-19-49(41)59-60-50-20-16-14-18-42(50)30-56(58-53(39(9)10)33-44(36(3)4)34-54(58)40(11)12)62(60)69-71(67,68-61(55)59)65-70(66,47-25-21-45(63)22-26-47)48-27-23-46(64)24-28-48/h13-40H,1-12H3,(H,65,66,67). The molecule has 5 nitrogen and oxygen atoms in total. The summed E-state index contributed by atoms with van der Waals surface area (Å²) >= 11 is 0. The van der Waals surface area contributed by atoms with Crippen LogP contribution in [-0.4, -0.2) is 0 Å². The summed E-state index contributed by atoms with van der Waals surface area (Å²) in [6, 6.07) is 40.3. The Kier molecular flexibility index (Phi) is 13.6. The first-order valence-electron chi connectivity index (χ1n) is 25.1. The van der Waals surface area contributed by atoms with Crippen molar-refractivity contribution in [2.75, 3.05) is 0 Å². The molecule has 0 radical (unpaired) electrons. The number of fused-ring (bicyclic) bond motifs is 7. The van der Waals surface area contributed by atoms with Crippen LogP contribution in [0.1, 0.15) is 152 Å². The first kappa shape index (κ1) is 50.1. The second-order valence-electron chi connectivity index (χ2n) is 21.1. The highest BCUT2D eigenvalue weighted by atomic mass is 31.2. The highest BCUT2D eigenvalue weighted by Crippen LogP contribution is 2.66. The lowest BCUT2D eigenvalue weighted by Gasteiger charge is -2.29. The minimum absolute atomic E-state index is 0.0740. The van der Waals surface area contributed by atoms with Gasteiger partial charge in [0.25, 0.3) is 0 Å². The summed E-state index contributed by atoms with van der Waals surface area (Å²) in [5.74, 6) is 0.353. The molecule has 0 bridgehead atoms. The van der Waals surface area contributed by atoms with Crippen LogP contribution in [0.4, 0.5) is 8.78 Å². The quantitative estimate of drug-likeness (QED) is 0.124. The molecule has 71 heavy (non-hydrogen) atoms. The van der Waals surface area contributed by atoms with Crippen LogP contribution >= 0.6 is 15.0 Å². The van der Waals surface area contributed by atoms with Gasteiger partial charge < -0.3 is 9.05 Å². The van der Waals surface area contributed by atoms with E-state index >= 15 is 9.13 Å². The molecule has 0 saturated heterocycles. The fraction of sp³-hybridized carbons (Fsp3) is 0.290.